The minimum Gasteiger partial charge on any atom is -0.493 e. The number of hydrogen-bond acceptors (Lipinski definition) is 4. The molecule has 31 heavy (non-hydrogen) atoms. The zero-order valence-corrected chi connectivity index (χ0v) is 20.5. The van der Waals surface area contributed by atoms with Gasteiger partial charge in [-0.1, -0.05) is 39.2 Å². The molecular formula is C27H44O4. The van der Waals surface area contributed by atoms with Gasteiger partial charge in [0.25, 0.3) is 0 Å². The summed E-state index contributed by atoms with van der Waals surface area (Å²) in [4.78, 5) is 11.5. The summed E-state index contributed by atoms with van der Waals surface area (Å²) in [6, 6.07) is 6.36. The second-order valence-corrected chi connectivity index (χ2v) is 9.66. The summed E-state index contributed by atoms with van der Waals surface area (Å²) in [5.41, 5.74) is 1.31. The second-order valence-electron chi connectivity index (χ2n) is 9.66. The third-order valence-electron chi connectivity index (χ3n) is 7.01. The van der Waals surface area contributed by atoms with Crippen LogP contribution in [0.15, 0.2) is 18.2 Å². The Bertz CT molecular complexity index is 651. The molecule has 0 aliphatic heterocycles. The van der Waals surface area contributed by atoms with Crippen LogP contribution in [0.3, 0.4) is 0 Å². The maximum absolute atomic E-state index is 11.5. The van der Waals surface area contributed by atoms with Crippen LogP contribution >= 0.6 is 0 Å². The van der Waals surface area contributed by atoms with Crippen molar-refractivity contribution in [3.8, 4) is 11.5 Å². The monoisotopic (exact) mass is 432 g/mol. The van der Waals surface area contributed by atoms with E-state index in [1.54, 1.807) is 21.1 Å². The summed E-state index contributed by atoms with van der Waals surface area (Å²) in [6.07, 6.45) is 10.3. The topological polar surface area (TPSA) is 44.8 Å². The van der Waals surface area contributed by atoms with Gasteiger partial charge in [-0.15, -0.1) is 0 Å². The number of ketones is 1. The predicted molar refractivity (Wildman–Crippen MR) is 127 cm³/mol. The highest BCUT2D eigenvalue weighted by Gasteiger charge is 2.28. The first-order valence-corrected chi connectivity index (χ1v) is 12.2. The Hall–Kier alpha value is -1.55. The van der Waals surface area contributed by atoms with E-state index in [2.05, 4.69) is 26.0 Å². The largest absolute Gasteiger partial charge is 0.493 e. The van der Waals surface area contributed by atoms with Gasteiger partial charge in [-0.05, 0) is 74.0 Å². The molecule has 2 atom stereocenters. The van der Waals surface area contributed by atoms with Gasteiger partial charge in [-0.25, -0.2) is 0 Å². The highest BCUT2D eigenvalue weighted by Crippen LogP contribution is 2.40. The number of carbonyl (C=O) groups excluding carboxylic acids is 1. The summed E-state index contributed by atoms with van der Waals surface area (Å²) in [5, 5.41) is 0. The molecule has 1 aliphatic rings. The van der Waals surface area contributed by atoms with Gasteiger partial charge in [0.2, 0.25) is 0 Å². The van der Waals surface area contributed by atoms with Crippen molar-refractivity contribution < 1.29 is 19.0 Å². The summed E-state index contributed by atoms with van der Waals surface area (Å²) in [7, 11) is 3.40. The van der Waals surface area contributed by atoms with Gasteiger partial charge in [0.15, 0.2) is 11.5 Å². The molecule has 0 saturated heterocycles. The third-order valence-corrected chi connectivity index (χ3v) is 7.01. The van der Waals surface area contributed by atoms with Crippen LogP contribution in [0.2, 0.25) is 0 Å². The van der Waals surface area contributed by atoms with Gasteiger partial charge in [0, 0.05) is 26.6 Å². The fourth-order valence-corrected chi connectivity index (χ4v) is 4.66. The van der Waals surface area contributed by atoms with Crippen molar-refractivity contribution in [1.82, 2.24) is 0 Å². The predicted octanol–water partition coefficient (Wildman–Crippen LogP) is 6.49. The number of carbonyl (C=O) groups is 1. The minimum absolute atomic E-state index is 0.334. The first-order valence-electron chi connectivity index (χ1n) is 12.2. The molecular weight excluding hydrogens is 388 g/mol. The molecule has 0 heterocycles. The highest BCUT2D eigenvalue weighted by molar-refractivity contribution is 5.75. The average Bonchev–Trinajstić information content (AvgIpc) is 2.70. The number of ether oxygens (including phenoxy) is 3. The van der Waals surface area contributed by atoms with Gasteiger partial charge < -0.3 is 19.0 Å². The molecule has 1 aliphatic carbocycles. The molecule has 1 saturated carbocycles. The van der Waals surface area contributed by atoms with E-state index in [1.807, 2.05) is 6.07 Å². The molecule has 0 bridgehead atoms. The standard InChI is InChI=1S/C27H44O4/c1-20(2)25(14-13-24(12-10-21(3)28)23-8-6-9-23)18-22-11-15-26(30-5)27(19-22)31-17-7-16-29-4/h11,15,19-20,23-25H,6-10,12-14,16-18H2,1-5H3. The van der Waals surface area contributed by atoms with Crippen molar-refractivity contribution in [3.63, 3.8) is 0 Å². The van der Waals surface area contributed by atoms with Crippen LogP contribution in [0.25, 0.3) is 0 Å². The van der Waals surface area contributed by atoms with Crippen LogP contribution in [0.4, 0.5) is 0 Å². The van der Waals surface area contributed by atoms with E-state index in [-0.39, 0.29) is 0 Å². The van der Waals surface area contributed by atoms with E-state index in [1.165, 1.54) is 37.7 Å². The van der Waals surface area contributed by atoms with E-state index in [9.17, 15) is 4.79 Å². The quantitative estimate of drug-likeness (QED) is 0.280. The van der Waals surface area contributed by atoms with E-state index in [0.29, 0.717) is 30.8 Å². The molecule has 0 N–H and O–H groups in total. The van der Waals surface area contributed by atoms with Crippen LogP contribution in [-0.2, 0) is 16.0 Å². The van der Waals surface area contributed by atoms with Crippen molar-refractivity contribution in [2.24, 2.45) is 23.7 Å². The van der Waals surface area contributed by atoms with E-state index in [4.69, 9.17) is 14.2 Å². The molecule has 4 heteroatoms. The number of Topliss-reactive ketones (excluding diaryl/α,β-unsaturated/α-hetero) is 1. The van der Waals surface area contributed by atoms with Gasteiger partial charge in [0.1, 0.15) is 5.78 Å². The Labute approximate surface area is 190 Å². The lowest BCUT2D eigenvalue weighted by molar-refractivity contribution is -0.117. The maximum atomic E-state index is 11.5. The molecule has 176 valence electrons. The Morgan fingerprint density at radius 2 is 1.84 bits per heavy atom. The normalized spacial score (nSPS) is 16.1. The van der Waals surface area contributed by atoms with Gasteiger partial charge in [-0.2, -0.15) is 0 Å². The third kappa shape index (κ3) is 8.84. The van der Waals surface area contributed by atoms with Crippen molar-refractivity contribution in [3.05, 3.63) is 23.8 Å². The van der Waals surface area contributed by atoms with Crippen LogP contribution in [0.5, 0.6) is 11.5 Å². The summed E-state index contributed by atoms with van der Waals surface area (Å²) in [5.74, 6) is 4.78. The average molecular weight is 433 g/mol. The Morgan fingerprint density at radius 1 is 1.06 bits per heavy atom. The SMILES string of the molecule is COCCCOc1cc(CC(CCC(CCC(C)=O)C2CCC2)C(C)C)ccc1OC. The fraction of sp³-hybridized carbons (Fsp3) is 0.741. The Kier molecular flexibility index (Phi) is 11.4. The van der Waals surface area contributed by atoms with E-state index >= 15 is 0 Å². The minimum atomic E-state index is 0.334. The molecule has 1 aromatic rings. The van der Waals surface area contributed by atoms with E-state index < -0.39 is 0 Å². The number of benzene rings is 1. The number of methoxy groups -OCH3 is 2. The molecule has 1 fully saturated rings. The molecule has 0 radical (unpaired) electrons. The Morgan fingerprint density at radius 3 is 2.42 bits per heavy atom. The van der Waals surface area contributed by atoms with Gasteiger partial charge in [0.05, 0.1) is 13.7 Å². The summed E-state index contributed by atoms with van der Waals surface area (Å²) >= 11 is 0. The molecule has 2 unspecified atom stereocenters. The smallest absolute Gasteiger partial charge is 0.161 e. The van der Waals surface area contributed by atoms with Gasteiger partial charge in [-0.3, -0.25) is 0 Å². The van der Waals surface area contributed by atoms with Crippen molar-refractivity contribution >= 4 is 5.78 Å². The molecule has 2 rings (SSSR count). The molecule has 1 aromatic carbocycles. The first-order chi connectivity index (χ1) is 14.9. The molecule has 0 amide bonds. The fourth-order valence-electron chi connectivity index (χ4n) is 4.66. The molecule has 0 aromatic heterocycles. The van der Waals surface area contributed by atoms with Crippen LogP contribution in [-0.4, -0.2) is 33.2 Å². The molecule has 4 nitrogen and oxygen atoms in total. The van der Waals surface area contributed by atoms with Crippen molar-refractivity contribution in [1.29, 1.82) is 0 Å². The van der Waals surface area contributed by atoms with Crippen molar-refractivity contribution in [2.45, 2.75) is 78.6 Å². The Balaban J connectivity index is 1.98. The van der Waals surface area contributed by atoms with E-state index in [0.717, 1.165) is 49.0 Å². The summed E-state index contributed by atoms with van der Waals surface area (Å²) in [6.45, 7) is 7.73. The zero-order chi connectivity index (χ0) is 22.6. The number of rotatable bonds is 16. The highest BCUT2D eigenvalue weighted by atomic mass is 16.5. The van der Waals surface area contributed by atoms with Crippen molar-refractivity contribution in [2.75, 3.05) is 27.4 Å². The van der Waals surface area contributed by atoms with Gasteiger partial charge >= 0.3 is 0 Å². The van der Waals surface area contributed by atoms with Crippen LogP contribution in [0, 0.1) is 23.7 Å². The first kappa shape index (κ1) is 25.7. The maximum Gasteiger partial charge on any atom is 0.161 e. The zero-order valence-electron chi connectivity index (χ0n) is 20.5. The molecule has 0 spiro atoms. The lowest BCUT2D eigenvalue weighted by atomic mass is 9.70. The van der Waals surface area contributed by atoms with Crippen LogP contribution < -0.4 is 9.47 Å². The second kappa shape index (κ2) is 13.8. The summed E-state index contributed by atoms with van der Waals surface area (Å²) < 4.78 is 16.6. The van der Waals surface area contributed by atoms with Crippen LogP contribution in [0.1, 0.15) is 77.7 Å². The lowest BCUT2D eigenvalue weighted by Gasteiger charge is -2.35. The lowest BCUT2D eigenvalue weighted by Crippen LogP contribution is -2.24. The number of hydrogen-bond donors (Lipinski definition) is 0.